The summed E-state index contributed by atoms with van der Waals surface area (Å²) in [5.74, 6) is -0.109. The minimum Gasteiger partial charge on any atom is -0.325 e. The summed E-state index contributed by atoms with van der Waals surface area (Å²) in [5, 5.41) is 5.81. The molecule has 2 aliphatic heterocycles. The van der Waals surface area contributed by atoms with Crippen molar-refractivity contribution in [1.82, 2.24) is 9.62 Å². The summed E-state index contributed by atoms with van der Waals surface area (Å²) in [5.41, 5.74) is 1.41. The molecule has 0 unspecified atom stereocenters. The van der Waals surface area contributed by atoms with Gasteiger partial charge >= 0.3 is 0 Å². The van der Waals surface area contributed by atoms with Gasteiger partial charge in [-0.1, -0.05) is 6.92 Å². The van der Waals surface area contributed by atoms with Crippen LogP contribution in [0.4, 0.5) is 5.69 Å². The fourth-order valence-electron chi connectivity index (χ4n) is 2.65. The summed E-state index contributed by atoms with van der Waals surface area (Å²) in [4.78, 5) is 11.7. The van der Waals surface area contributed by atoms with Gasteiger partial charge in [0.15, 0.2) is 0 Å². The van der Waals surface area contributed by atoms with E-state index in [4.69, 9.17) is 0 Å². The molecule has 21 heavy (non-hydrogen) atoms. The number of nitrogens with zero attached hydrogens (tertiary/aromatic N) is 1. The maximum Gasteiger partial charge on any atom is 0.244 e. The Morgan fingerprint density at radius 1 is 1.38 bits per heavy atom. The summed E-state index contributed by atoms with van der Waals surface area (Å²) >= 11 is 3.32. The summed E-state index contributed by atoms with van der Waals surface area (Å²) in [6.07, 6.45) is 0.224. The molecule has 2 heterocycles. The Morgan fingerprint density at radius 3 is 2.67 bits per heavy atom. The molecule has 0 aliphatic carbocycles. The lowest BCUT2D eigenvalue weighted by molar-refractivity contribution is -0.115. The quantitative estimate of drug-likeness (QED) is 0.822. The maximum absolute atomic E-state index is 12.9. The molecule has 0 saturated carbocycles. The molecule has 1 aromatic rings. The summed E-state index contributed by atoms with van der Waals surface area (Å²) < 4.78 is 27.7. The molecule has 1 fully saturated rings. The van der Waals surface area contributed by atoms with Crippen LogP contribution in [0, 0.1) is 0 Å². The molecule has 0 radical (unpaired) electrons. The third kappa shape index (κ3) is 2.50. The van der Waals surface area contributed by atoms with Crippen LogP contribution in [0.25, 0.3) is 0 Å². The van der Waals surface area contributed by atoms with Crippen LogP contribution in [0.5, 0.6) is 0 Å². The van der Waals surface area contributed by atoms with Gasteiger partial charge < -0.3 is 10.6 Å². The molecule has 6 nitrogen and oxygen atoms in total. The number of hydrogen-bond donors (Lipinski definition) is 2. The number of likely N-dealkylation sites (N-methyl/N-ethyl adjacent to an activating group) is 1. The first-order valence-electron chi connectivity index (χ1n) is 6.78. The van der Waals surface area contributed by atoms with Crippen molar-refractivity contribution in [2.75, 3.05) is 25.0 Å². The molecule has 0 atom stereocenters. The van der Waals surface area contributed by atoms with Gasteiger partial charge in [0.25, 0.3) is 0 Å². The Bertz CT molecular complexity index is 701. The minimum absolute atomic E-state index is 0.0000819. The van der Waals surface area contributed by atoms with Crippen molar-refractivity contribution in [2.24, 2.45) is 0 Å². The standard InChI is InChI=1S/C13H16BrN3O3S/c1-2-17(9-6-15-7-9)21(19,20)12-3-8-4-13(18)16-11(8)5-10(12)14/h3,5,9,15H,2,4,6-7H2,1H3,(H,16,18). The summed E-state index contributed by atoms with van der Waals surface area (Å²) in [6, 6.07) is 3.27. The fourth-order valence-corrected chi connectivity index (χ4v) is 5.34. The van der Waals surface area contributed by atoms with Crippen molar-refractivity contribution in [3.05, 3.63) is 22.2 Å². The largest absolute Gasteiger partial charge is 0.325 e. The van der Waals surface area contributed by atoms with Gasteiger partial charge in [-0.3, -0.25) is 4.79 Å². The van der Waals surface area contributed by atoms with Crippen molar-refractivity contribution >= 4 is 37.5 Å². The van der Waals surface area contributed by atoms with Crippen molar-refractivity contribution in [1.29, 1.82) is 0 Å². The Labute approximate surface area is 132 Å². The highest BCUT2D eigenvalue weighted by Crippen LogP contribution is 2.34. The molecule has 2 N–H and O–H groups in total. The van der Waals surface area contributed by atoms with Crippen molar-refractivity contribution in [3.8, 4) is 0 Å². The van der Waals surface area contributed by atoms with E-state index >= 15 is 0 Å². The zero-order chi connectivity index (χ0) is 15.2. The number of anilines is 1. The highest BCUT2D eigenvalue weighted by Gasteiger charge is 2.35. The lowest BCUT2D eigenvalue weighted by Crippen LogP contribution is -2.58. The number of halogens is 1. The van der Waals surface area contributed by atoms with E-state index in [-0.39, 0.29) is 23.3 Å². The zero-order valence-corrected chi connectivity index (χ0v) is 13.9. The van der Waals surface area contributed by atoms with E-state index in [1.165, 1.54) is 4.31 Å². The molecule has 1 amide bonds. The highest BCUT2D eigenvalue weighted by atomic mass is 79.9. The maximum atomic E-state index is 12.9. The predicted octanol–water partition coefficient (Wildman–Crippen LogP) is 0.926. The molecule has 2 aliphatic rings. The normalized spacial score (nSPS) is 18.5. The molecule has 0 bridgehead atoms. The monoisotopic (exact) mass is 373 g/mol. The number of amides is 1. The molecule has 1 aromatic carbocycles. The second-order valence-electron chi connectivity index (χ2n) is 5.19. The van der Waals surface area contributed by atoms with Gasteiger partial charge in [-0.25, -0.2) is 8.42 Å². The Hall–Kier alpha value is -0.960. The van der Waals surface area contributed by atoms with Crippen molar-refractivity contribution in [2.45, 2.75) is 24.3 Å². The van der Waals surface area contributed by atoms with E-state index in [2.05, 4.69) is 26.6 Å². The van der Waals surface area contributed by atoms with E-state index in [1.807, 2.05) is 6.92 Å². The van der Waals surface area contributed by atoms with Crippen LogP contribution in [0.1, 0.15) is 12.5 Å². The predicted molar refractivity (Wildman–Crippen MR) is 82.7 cm³/mol. The number of nitrogens with one attached hydrogen (secondary N) is 2. The first-order valence-corrected chi connectivity index (χ1v) is 9.01. The number of hydrogen-bond acceptors (Lipinski definition) is 4. The molecular weight excluding hydrogens is 358 g/mol. The first kappa shape index (κ1) is 15.0. The molecular formula is C13H16BrN3O3S. The Balaban J connectivity index is 2.03. The van der Waals surface area contributed by atoms with E-state index in [0.29, 0.717) is 29.8 Å². The van der Waals surface area contributed by atoms with Gasteiger partial charge in [-0.2, -0.15) is 4.31 Å². The van der Waals surface area contributed by atoms with E-state index in [9.17, 15) is 13.2 Å². The van der Waals surface area contributed by atoms with Crippen LogP contribution >= 0.6 is 15.9 Å². The van der Waals surface area contributed by atoms with E-state index in [0.717, 1.165) is 5.56 Å². The van der Waals surface area contributed by atoms with Gasteiger partial charge in [-0.15, -0.1) is 0 Å². The lowest BCUT2D eigenvalue weighted by atomic mass is 10.2. The molecule has 0 spiro atoms. The van der Waals surface area contributed by atoms with Crippen LogP contribution in [-0.2, 0) is 21.2 Å². The van der Waals surface area contributed by atoms with Crippen LogP contribution in [-0.4, -0.2) is 44.3 Å². The number of carbonyl (C=O) groups excluding carboxylic acids is 1. The van der Waals surface area contributed by atoms with Gasteiger partial charge in [-0.05, 0) is 33.6 Å². The second kappa shape index (κ2) is 5.35. The minimum atomic E-state index is -3.57. The second-order valence-corrected chi connectivity index (χ2v) is 7.90. The van der Waals surface area contributed by atoms with Gasteiger partial charge in [0.1, 0.15) is 0 Å². The lowest BCUT2D eigenvalue weighted by Gasteiger charge is -2.36. The van der Waals surface area contributed by atoms with Crippen LogP contribution < -0.4 is 10.6 Å². The SMILES string of the molecule is CCN(C1CNC1)S(=O)(=O)c1cc2c(cc1Br)NC(=O)C2. The van der Waals surface area contributed by atoms with Crippen LogP contribution in [0.2, 0.25) is 0 Å². The van der Waals surface area contributed by atoms with E-state index in [1.54, 1.807) is 12.1 Å². The van der Waals surface area contributed by atoms with Crippen LogP contribution in [0.15, 0.2) is 21.5 Å². The Kier molecular flexibility index (Phi) is 3.81. The average Bonchev–Trinajstić information content (AvgIpc) is 2.71. The van der Waals surface area contributed by atoms with Gasteiger partial charge in [0, 0.05) is 29.8 Å². The number of sulfonamides is 1. The first-order chi connectivity index (χ1) is 9.93. The molecule has 0 aromatic heterocycles. The fraction of sp³-hybridized carbons (Fsp3) is 0.462. The van der Waals surface area contributed by atoms with Gasteiger partial charge in [0.2, 0.25) is 15.9 Å². The smallest absolute Gasteiger partial charge is 0.244 e. The molecule has 3 rings (SSSR count). The van der Waals surface area contributed by atoms with Gasteiger partial charge in [0.05, 0.1) is 17.4 Å². The van der Waals surface area contributed by atoms with Crippen LogP contribution in [0.3, 0.4) is 0 Å². The topological polar surface area (TPSA) is 78.5 Å². The third-order valence-electron chi connectivity index (χ3n) is 3.85. The Morgan fingerprint density at radius 2 is 2.10 bits per heavy atom. The average molecular weight is 374 g/mol. The summed E-state index contributed by atoms with van der Waals surface area (Å²) in [7, 11) is -3.57. The third-order valence-corrected chi connectivity index (χ3v) is 6.83. The molecule has 8 heteroatoms. The number of benzene rings is 1. The van der Waals surface area contributed by atoms with E-state index < -0.39 is 10.0 Å². The molecule has 1 saturated heterocycles. The van der Waals surface area contributed by atoms with Crippen molar-refractivity contribution in [3.63, 3.8) is 0 Å². The summed E-state index contributed by atoms with van der Waals surface area (Å²) in [6.45, 7) is 3.61. The molecule has 114 valence electrons. The van der Waals surface area contributed by atoms with Crippen molar-refractivity contribution < 1.29 is 13.2 Å². The highest BCUT2D eigenvalue weighted by molar-refractivity contribution is 9.10. The number of rotatable bonds is 4. The zero-order valence-electron chi connectivity index (χ0n) is 11.5. The number of fused-ring (bicyclic) bond motifs is 1. The number of carbonyl (C=O) groups is 1.